The molecule has 1 fully saturated rings. The highest BCUT2D eigenvalue weighted by atomic mass is 32.2. The molecule has 3 unspecified atom stereocenters. The molecule has 1 aromatic rings. The SMILES string of the molecule is COCOc1cc(C)cc(/C=C/CC2OC(C)(C)OC2C(O)/C=C\[C@@H](C)CO[Si](C)(C)C(C)(C)C)c1C(=O)OCCSC. The molecule has 10 heteroatoms. The molecule has 2 rings (SSSR count). The molecule has 0 spiro atoms. The third-order valence-electron chi connectivity index (χ3n) is 7.71. The Hall–Kier alpha value is -1.66. The molecule has 4 atom stereocenters. The standard InChI is InChI=1S/C33H54O8SSi/c1-23(21-39-43(10,11)32(3,4)5)15-16-26(34)30-27(40-33(6,7)41-30)14-12-13-25-19-24(2)20-28(38-22-36-8)29(25)31(35)37-17-18-42-9/h12-13,15-16,19-20,23,26-27,30,34H,14,17-18,21-22H2,1-11H3/b13-12+,16-15-/t23-,26?,27?,30?/m1/s1. The first-order valence-electron chi connectivity index (χ1n) is 15.0. The van der Waals surface area contributed by atoms with Crippen molar-refractivity contribution in [3.05, 3.63) is 47.1 Å². The maximum atomic E-state index is 13.1. The second-order valence-corrected chi connectivity index (χ2v) is 18.9. The van der Waals surface area contributed by atoms with Gasteiger partial charge in [-0.15, -0.1) is 0 Å². The number of benzene rings is 1. The van der Waals surface area contributed by atoms with Crippen LogP contribution >= 0.6 is 11.8 Å². The van der Waals surface area contributed by atoms with Crippen LogP contribution in [0, 0.1) is 12.8 Å². The molecule has 8 nitrogen and oxygen atoms in total. The van der Waals surface area contributed by atoms with Gasteiger partial charge in [0.05, 0.1) is 6.10 Å². The Balaban J connectivity index is 2.19. The molecule has 43 heavy (non-hydrogen) atoms. The van der Waals surface area contributed by atoms with Gasteiger partial charge in [-0.2, -0.15) is 11.8 Å². The van der Waals surface area contributed by atoms with Crippen molar-refractivity contribution in [2.24, 2.45) is 5.92 Å². The minimum atomic E-state index is -1.85. The summed E-state index contributed by atoms with van der Waals surface area (Å²) in [4.78, 5) is 13.1. The predicted octanol–water partition coefficient (Wildman–Crippen LogP) is 7.00. The Morgan fingerprint density at radius 2 is 1.91 bits per heavy atom. The predicted molar refractivity (Wildman–Crippen MR) is 177 cm³/mol. The van der Waals surface area contributed by atoms with Crippen LogP contribution in [0.15, 0.2) is 30.4 Å². The van der Waals surface area contributed by atoms with E-state index in [1.165, 1.54) is 7.11 Å². The summed E-state index contributed by atoms with van der Waals surface area (Å²) in [6.07, 6.45) is 8.19. The highest BCUT2D eigenvalue weighted by molar-refractivity contribution is 7.98. The topological polar surface area (TPSA) is 92.7 Å². The number of ether oxygens (including phenoxy) is 5. The van der Waals surface area contributed by atoms with E-state index in [1.54, 1.807) is 23.9 Å². The summed E-state index contributed by atoms with van der Waals surface area (Å²) in [6, 6.07) is 3.72. The molecule has 244 valence electrons. The number of carbonyl (C=O) groups is 1. The van der Waals surface area contributed by atoms with E-state index in [0.29, 0.717) is 42.3 Å². The van der Waals surface area contributed by atoms with E-state index in [4.69, 9.17) is 28.1 Å². The molecule has 0 aliphatic carbocycles. The van der Waals surface area contributed by atoms with E-state index in [9.17, 15) is 9.90 Å². The molecule has 0 aromatic heterocycles. The Bertz CT molecular complexity index is 1100. The largest absolute Gasteiger partial charge is 0.467 e. The number of thioether (sulfide) groups is 1. The number of hydrogen-bond donors (Lipinski definition) is 1. The highest BCUT2D eigenvalue weighted by Crippen LogP contribution is 2.37. The first-order chi connectivity index (χ1) is 20.0. The molecule has 1 aliphatic heterocycles. The van der Waals surface area contributed by atoms with Crippen LogP contribution in [0.2, 0.25) is 18.1 Å². The zero-order valence-corrected chi connectivity index (χ0v) is 29.8. The fraction of sp³-hybridized carbons (Fsp3) is 0.667. The van der Waals surface area contributed by atoms with E-state index in [1.807, 2.05) is 51.3 Å². The number of hydrogen-bond acceptors (Lipinski definition) is 9. The average Bonchev–Trinajstić information content (AvgIpc) is 3.22. The van der Waals surface area contributed by atoms with Crippen LogP contribution in [-0.2, 0) is 23.4 Å². The van der Waals surface area contributed by atoms with Crippen LogP contribution in [-0.4, -0.2) is 82.6 Å². The minimum absolute atomic E-state index is 0.00809. The summed E-state index contributed by atoms with van der Waals surface area (Å²) in [5.74, 6) is -0.0469. The summed E-state index contributed by atoms with van der Waals surface area (Å²) in [7, 11) is -0.320. The fourth-order valence-electron chi connectivity index (χ4n) is 4.35. The Labute approximate surface area is 264 Å². The van der Waals surface area contributed by atoms with Crippen molar-refractivity contribution >= 4 is 32.1 Å². The smallest absolute Gasteiger partial charge is 0.342 e. The van der Waals surface area contributed by atoms with Crippen LogP contribution in [0.1, 0.15) is 69.4 Å². The van der Waals surface area contributed by atoms with Gasteiger partial charge in [-0.25, -0.2) is 4.79 Å². The van der Waals surface area contributed by atoms with Gasteiger partial charge in [0.2, 0.25) is 0 Å². The molecule has 0 saturated carbocycles. The van der Waals surface area contributed by atoms with Crippen molar-refractivity contribution in [2.75, 3.05) is 39.1 Å². The van der Waals surface area contributed by atoms with Crippen LogP contribution in [0.5, 0.6) is 5.75 Å². The van der Waals surface area contributed by atoms with E-state index in [-0.39, 0.29) is 17.7 Å². The van der Waals surface area contributed by atoms with Crippen LogP contribution in [0.3, 0.4) is 0 Å². The monoisotopic (exact) mass is 638 g/mol. The first-order valence-corrected chi connectivity index (χ1v) is 19.3. The maximum absolute atomic E-state index is 13.1. The third-order valence-corrected chi connectivity index (χ3v) is 12.8. The van der Waals surface area contributed by atoms with Gasteiger partial charge in [-0.1, -0.05) is 58.1 Å². The summed E-state index contributed by atoms with van der Waals surface area (Å²) in [5.41, 5.74) is 1.95. The van der Waals surface area contributed by atoms with Gasteiger partial charge in [0.15, 0.2) is 20.9 Å². The van der Waals surface area contributed by atoms with Crippen molar-refractivity contribution in [1.29, 1.82) is 0 Å². The molecular formula is C33H54O8SSi. The molecule has 0 bridgehead atoms. The van der Waals surface area contributed by atoms with Gasteiger partial charge in [0.25, 0.3) is 0 Å². The molecule has 0 amide bonds. The van der Waals surface area contributed by atoms with Gasteiger partial charge in [0.1, 0.15) is 30.1 Å². The second kappa shape index (κ2) is 16.6. The molecular weight excluding hydrogens is 585 g/mol. The minimum Gasteiger partial charge on any atom is -0.467 e. The van der Waals surface area contributed by atoms with Crippen LogP contribution in [0.25, 0.3) is 6.08 Å². The van der Waals surface area contributed by atoms with Crippen LogP contribution in [0.4, 0.5) is 0 Å². The van der Waals surface area contributed by atoms with E-state index in [2.05, 4.69) is 40.8 Å². The molecule has 1 N–H and O–H groups in total. The molecule has 1 aromatic carbocycles. The molecule has 1 saturated heterocycles. The average molecular weight is 639 g/mol. The quantitative estimate of drug-likeness (QED) is 0.0676. The van der Waals surface area contributed by atoms with E-state index in [0.717, 1.165) is 5.56 Å². The molecule has 0 radical (unpaired) electrons. The number of aliphatic hydroxyl groups excluding tert-OH is 1. The lowest BCUT2D eigenvalue weighted by Crippen LogP contribution is -2.41. The Morgan fingerprint density at radius 3 is 2.53 bits per heavy atom. The number of esters is 1. The van der Waals surface area contributed by atoms with Gasteiger partial charge in [0, 0.05) is 19.5 Å². The fourth-order valence-corrected chi connectivity index (χ4v) is 5.71. The van der Waals surface area contributed by atoms with Crippen molar-refractivity contribution in [3.63, 3.8) is 0 Å². The van der Waals surface area contributed by atoms with Crippen molar-refractivity contribution < 1.29 is 38.0 Å². The highest BCUT2D eigenvalue weighted by Gasteiger charge is 2.43. The molecule has 1 aliphatic rings. The van der Waals surface area contributed by atoms with Gasteiger partial charge in [-0.05, 0) is 74.7 Å². The summed E-state index contributed by atoms with van der Waals surface area (Å²) in [5, 5.41) is 11.3. The number of carbonyl (C=O) groups excluding carboxylic acids is 1. The van der Waals surface area contributed by atoms with Gasteiger partial charge < -0.3 is 33.2 Å². The first kappa shape index (κ1) is 37.5. The van der Waals surface area contributed by atoms with Gasteiger partial charge in [-0.3, -0.25) is 0 Å². The zero-order valence-electron chi connectivity index (χ0n) is 28.0. The summed E-state index contributed by atoms with van der Waals surface area (Å²) in [6.45, 7) is 19.8. The van der Waals surface area contributed by atoms with Gasteiger partial charge >= 0.3 is 5.97 Å². The van der Waals surface area contributed by atoms with E-state index >= 15 is 0 Å². The van der Waals surface area contributed by atoms with E-state index < -0.39 is 38.4 Å². The number of aryl methyl sites for hydroxylation is 1. The van der Waals surface area contributed by atoms with Crippen molar-refractivity contribution in [2.45, 2.75) is 97.1 Å². The number of aliphatic hydroxyl groups is 1. The van der Waals surface area contributed by atoms with Crippen molar-refractivity contribution in [1.82, 2.24) is 0 Å². The van der Waals surface area contributed by atoms with Crippen molar-refractivity contribution in [3.8, 4) is 5.75 Å². The third kappa shape index (κ3) is 11.6. The number of methoxy groups -OCH3 is 1. The lowest BCUT2D eigenvalue weighted by molar-refractivity contribution is -0.152. The van der Waals surface area contributed by atoms with Crippen LogP contribution < -0.4 is 4.74 Å². The Kier molecular flexibility index (Phi) is 14.5. The Morgan fingerprint density at radius 1 is 1.21 bits per heavy atom. The molecule has 1 heterocycles. The summed E-state index contributed by atoms with van der Waals surface area (Å²) >= 11 is 1.60. The lowest BCUT2D eigenvalue weighted by Gasteiger charge is -2.36. The summed E-state index contributed by atoms with van der Waals surface area (Å²) < 4.78 is 35.0. The normalized spacial score (nSPS) is 20.6. The lowest BCUT2D eigenvalue weighted by atomic mass is 10.00. The second-order valence-electron chi connectivity index (χ2n) is 13.1. The maximum Gasteiger partial charge on any atom is 0.342 e. The number of rotatable bonds is 16. The zero-order chi connectivity index (χ0) is 32.4.